The molecule has 16 heavy (non-hydrogen) atoms. The number of thiophene rings is 1. The van der Waals surface area contributed by atoms with Crippen LogP contribution < -0.4 is 0 Å². The standard InChI is InChI=1S/C13H13FOS/c1-13(15,11-5-6-16-9-11)8-10-3-2-4-12(14)7-10/h2-7,9,15H,8H2,1H3. The van der Waals surface area contributed by atoms with E-state index in [1.807, 2.05) is 22.9 Å². The van der Waals surface area contributed by atoms with E-state index in [9.17, 15) is 9.50 Å². The van der Waals surface area contributed by atoms with Crippen LogP contribution >= 0.6 is 11.3 Å². The number of hydrogen-bond acceptors (Lipinski definition) is 2. The Balaban J connectivity index is 2.21. The second-order valence-corrected chi connectivity index (χ2v) is 4.87. The molecule has 1 atom stereocenters. The Bertz CT molecular complexity index is 463. The van der Waals surface area contributed by atoms with Crippen molar-refractivity contribution in [1.82, 2.24) is 0 Å². The van der Waals surface area contributed by atoms with Crippen LogP contribution in [-0.2, 0) is 12.0 Å². The smallest absolute Gasteiger partial charge is 0.123 e. The van der Waals surface area contributed by atoms with Crippen molar-refractivity contribution in [1.29, 1.82) is 0 Å². The maximum atomic E-state index is 13.0. The van der Waals surface area contributed by atoms with Crippen molar-refractivity contribution in [3.8, 4) is 0 Å². The van der Waals surface area contributed by atoms with Gasteiger partial charge < -0.3 is 5.11 Å². The zero-order valence-corrected chi connectivity index (χ0v) is 9.80. The van der Waals surface area contributed by atoms with E-state index in [2.05, 4.69) is 0 Å². The Kier molecular flexibility index (Phi) is 3.08. The molecule has 2 aromatic rings. The zero-order chi connectivity index (χ0) is 11.6. The average molecular weight is 236 g/mol. The molecule has 1 nitrogen and oxygen atoms in total. The van der Waals surface area contributed by atoms with Gasteiger partial charge in [-0.25, -0.2) is 4.39 Å². The maximum Gasteiger partial charge on any atom is 0.123 e. The van der Waals surface area contributed by atoms with Gasteiger partial charge in [0.1, 0.15) is 5.82 Å². The van der Waals surface area contributed by atoms with Gasteiger partial charge in [0.2, 0.25) is 0 Å². The predicted octanol–water partition coefficient (Wildman–Crippen LogP) is 3.34. The Morgan fingerprint density at radius 1 is 1.38 bits per heavy atom. The first-order valence-corrected chi connectivity index (χ1v) is 6.02. The van der Waals surface area contributed by atoms with E-state index in [1.165, 1.54) is 12.1 Å². The molecule has 0 aliphatic heterocycles. The molecular weight excluding hydrogens is 223 g/mol. The molecule has 1 aromatic heterocycles. The third-order valence-electron chi connectivity index (χ3n) is 2.58. The van der Waals surface area contributed by atoms with E-state index >= 15 is 0 Å². The summed E-state index contributed by atoms with van der Waals surface area (Å²) in [5.41, 5.74) is 0.742. The lowest BCUT2D eigenvalue weighted by atomic mass is 9.91. The maximum absolute atomic E-state index is 13.0. The van der Waals surface area contributed by atoms with Crippen LogP contribution in [-0.4, -0.2) is 5.11 Å². The number of benzene rings is 1. The van der Waals surface area contributed by atoms with Crippen molar-refractivity contribution in [2.75, 3.05) is 0 Å². The largest absolute Gasteiger partial charge is 0.385 e. The third kappa shape index (κ3) is 2.49. The average Bonchev–Trinajstić information content (AvgIpc) is 2.69. The first-order chi connectivity index (χ1) is 7.58. The van der Waals surface area contributed by atoms with Crippen LogP contribution in [0.5, 0.6) is 0 Å². The summed E-state index contributed by atoms with van der Waals surface area (Å²) in [6.45, 7) is 1.75. The number of hydrogen-bond donors (Lipinski definition) is 1. The summed E-state index contributed by atoms with van der Waals surface area (Å²) in [4.78, 5) is 0. The van der Waals surface area contributed by atoms with Crippen LogP contribution in [0.3, 0.4) is 0 Å². The molecule has 0 saturated carbocycles. The molecule has 1 aromatic carbocycles. The van der Waals surface area contributed by atoms with Gasteiger partial charge in [-0.2, -0.15) is 11.3 Å². The normalized spacial score (nSPS) is 14.7. The number of aliphatic hydroxyl groups is 1. The molecule has 0 fully saturated rings. The lowest BCUT2D eigenvalue weighted by Crippen LogP contribution is -2.23. The van der Waals surface area contributed by atoms with Gasteiger partial charge in [0, 0.05) is 6.42 Å². The second-order valence-electron chi connectivity index (χ2n) is 4.09. The minimum absolute atomic E-state index is 0.265. The van der Waals surface area contributed by atoms with E-state index in [0.717, 1.165) is 11.1 Å². The highest BCUT2D eigenvalue weighted by molar-refractivity contribution is 7.08. The summed E-state index contributed by atoms with van der Waals surface area (Å²) >= 11 is 1.55. The molecule has 1 N–H and O–H groups in total. The molecule has 1 heterocycles. The molecule has 0 aliphatic rings. The highest BCUT2D eigenvalue weighted by atomic mass is 32.1. The molecule has 1 unspecified atom stereocenters. The third-order valence-corrected chi connectivity index (χ3v) is 3.26. The van der Waals surface area contributed by atoms with Gasteiger partial charge in [-0.3, -0.25) is 0 Å². The van der Waals surface area contributed by atoms with Crippen LogP contribution in [0.15, 0.2) is 41.1 Å². The predicted molar refractivity (Wildman–Crippen MR) is 64.0 cm³/mol. The topological polar surface area (TPSA) is 20.2 Å². The van der Waals surface area contributed by atoms with E-state index in [4.69, 9.17) is 0 Å². The summed E-state index contributed by atoms with van der Waals surface area (Å²) < 4.78 is 13.0. The Hall–Kier alpha value is -1.19. The van der Waals surface area contributed by atoms with Crippen LogP contribution in [0.25, 0.3) is 0 Å². The monoisotopic (exact) mass is 236 g/mol. The van der Waals surface area contributed by atoms with Crippen molar-refractivity contribution in [2.24, 2.45) is 0 Å². The van der Waals surface area contributed by atoms with Gasteiger partial charge in [0.25, 0.3) is 0 Å². The van der Waals surface area contributed by atoms with Crippen LogP contribution in [0.2, 0.25) is 0 Å². The number of rotatable bonds is 3. The molecule has 0 radical (unpaired) electrons. The molecule has 0 amide bonds. The summed E-state index contributed by atoms with van der Waals surface area (Å²) in [6, 6.07) is 8.24. The summed E-state index contributed by atoms with van der Waals surface area (Å²) in [5, 5.41) is 14.1. The Morgan fingerprint density at radius 3 is 2.81 bits per heavy atom. The van der Waals surface area contributed by atoms with Crippen LogP contribution in [0.4, 0.5) is 4.39 Å². The lowest BCUT2D eigenvalue weighted by Gasteiger charge is -2.22. The van der Waals surface area contributed by atoms with Crippen LogP contribution in [0, 0.1) is 5.82 Å². The van der Waals surface area contributed by atoms with Gasteiger partial charge >= 0.3 is 0 Å². The molecule has 0 saturated heterocycles. The molecule has 0 bridgehead atoms. The molecule has 84 valence electrons. The minimum atomic E-state index is -0.937. The SMILES string of the molecule is CC(O)(Cc1cccc(F)c1)c1ccsc1. The first kappa shape index (κ1) is 11.3. The molecular formula is C13H13FOS. The van der Waals surface area contributed by atoms with E-state index < -0.39 is 5.60 Å². The summed E-state index contributed by atoms with van der Waals surface area (Å²) in [7, 11) is 0. The highest BCUT2D eigenvalue weighted by Crippen LogP contribution is 2.27. The van der Waals surface area contributed by atoms with E-state index in [-0.39, 0.29) is 5.82 Å². The van der Waals surface area contributed by atoms with Gasteiger partial charge in [-0.05, 0) is 47.0 Å². The van der Waals surface area contributed by atoms with Crippen LogP contribution in [0.1, 0.15) is 18.1 Å². The van der Waals surface area contributed by atoms with Crippen molar-refractivity contribution < 1.29 is 9.50 Å². The Morgan fingerprint density at radius 2 is 2.19 bits per heavy atom. The van der Waals surface area contributed by atoms with Gasteiger partial charge in [0.15, 0.2) is 0 Å². The Labute approximate surface area is 98.2 Å². The molecule has 0 aliphatic carbocycles. The minimum Gasteiger partial charge on any atom is -0.385 e. The summed E-state index contributed by atoms with van der Waals surface area (Å²) in [6.07, 6.45) is 0.418. The molecule has 3 heteroatoms. The van der Waals surface area contributed by atoms with Gasteiger partial charge in [0.05, 0.1) is 5.60 Å². The first-order valence-electron chi connectivity index (χ1n) is 5.07. The van der Waals surface area contributed by atoms with Crippen molar-refractivity contribution in [3.05, 3.63) is 58.0 Å². The zero-order valence-electron chi connectivity index (χ0n) is 8.98. The van der Waals surface area contributed by atoms with Gasteiger partial charge in [-0.15, -0.1) is 0 Å². The highest BCUT2D eigenvalue weighted by Gasteiger charge is 2.23. The van der Waals surface area contributed by atoms with Crippen molar-refractivity contribution in [2.45, 2.75) is 18.9 Å². The fourth-order valence-corrected chi connectivity index (χ4v) is 2.50. The quantitative estimate of drug-likeness (QED) is 0.866. The summed E-state index contributed by atoms with van der Waals surface area (Å²) in [5.74, 6) is -0.265. The number of halogens is 1. The molecule has 2 rings (SSSR count). The van der Waals surface area contributed by atoms with Crippen molar-refractivity contribution >= 4 is 11.3 Å². The van der Waals surface area contributed by atoms with E-state index in [0.29, 0.717) is 6.42 Å². The van der Waals surface area contributed by atoms with E-state index in [1.54, 1.807) is 24.3 Å². The fourth-order valence-electron chi connectivity index (χ4n) is 1.72. The second kappa shape index (κ2) is 4.36. The lowest BCUT2D eigenvalue weighted by molar-refractivity contribution is 0.0580. The van der Waals surface area contributed by atoms with Crippen molar-refractivity contribution in [3.63, 3.8) is 0 Å². The van der Waals surface area contributed by atoms with Gasteiger partial charge in [-0.1, -0.05) is 12.1 Å². The molecule has 0 spiro atoms. The fraction of sp³-hybridized carbons (Fsp3) is 0.231.